The van der Waals surface area contributed by atoms with Crippen molar-refractivity contribution in [3.63, 3.8) is 0 Å². The number of amides is 1. The first kappa shape index (κ1) is 14.0. The van der Waals surface area contributed by atoms with Crippen LogP contribution in [-0.2, 0) is 4.79 Å². The lowest BCUT2D eigenvalue weighted by Gasteiger charge is -2.25. The van der Waals surface area contributed by atoms with Gasteiger partial charge in [-0.05, 0) is 34.0 Å². The van der Waals surface area contributed by atoms with Crippen molar-refractivity contribution in [2.75, 3.05) is 5.32 Å². The van der Waals surface area contributed by atoms with Crippen LogP contribution in [0.15, 0.2) is 28.7 Å². The van der Waals surface area contributed by atoms with Gasteiger partial charge in [0.2, 0.25) is 5.91 Å². The number of carbonyl (C=O) groups excluding carboxylic acids is 1. The number of anilines is 1. The number of nitrogens with one attached hydrogen (secondary N) is 1. The van der Waals surface area contributed by atoms with E-state index in [9.17, 15) is 4.79 Å². The summed E-state index contributed by atoms with van der Waals surface area (Å²) in [6.07, 6.45) is 1.86. The van der Waals surface area contributed by atoms with Crippen LogP contribution in [0.3, 0.4) is 0 Å². The molecule has 1 rings (SSSR count). The fraction of sp³-hybridized carbons (Fsp3) is 0.462. The second-order valence-corrected chi connectivity index (χ2v) is 4.94. The zero-order valence-corrected chi connectivity index (χ0v) is 11.8. The summed E-state index contributed by atoms with van der Waals surface area (Å²) in [6.45, 7) is 4.15. The number of benzene rings is 1. The molecule has 94 valence electrons. The summed E-state index contributed by atoms with van der Waals surface area (Å²) in [7, 11) is 0. The van der Waals surface area contributed by atoms with E-state index in [1.165, 1.54) is 0 Å². The average molecular weight is 299 g/mol. The monoisotopic (exact) mass is 298 g/mol. The van der Waals surface area contributed by atoms with Crippen molar-refractivity contribution < 1.29 is 4.79 Å². The Hall–Kier alpha value is -1.03. The second-order valence-electron chi connectivity index (χ2n) is 4.08. The van der Waals surface area contributed by atoms with E-state index in [1.54, 1.807) is 0 Å². The third-order valence-electron chi connectivity index (χ3n) is 3.01. The van der Waals surface area contributed by atoms with Gasteiger partial charge in [-0.15, -0.1) is 0 Å². The Morgan fingerprint density at radius 3 is 2.41 bits per heavy atom. The lowest BCUT2D eigenvalue weighted by Crippen LogP contribution is -2.41. The van der Waals surface area contributed by atoms with Crippen LogP contribution in [0.1, 0.15) is 26.7 Å². The van der Waals surface area contributed by atoms with E-state index < -0.39 is 0 Å². The Bertz CT molecular complexity index is 377. The summed E-state index contributed by atoms with van der Waals surface area (Å²) in [5.74, 6) is -0.0333. The van der Waals surface area contributed by atoms with Gasteiger partial charge in [0.05, 0.1) is 0 Å². The molecule has 4 heteroatoms. The van der Waals surface area contributed by atoms with Crippen molar-refractivity contribution >= 4 is 27.5 Å². The molecular formula is C13H19BrN2O. The van der Waals surface area contributed by atoms with Gasteiger partial charge in [0, 0.05) is 10.2 Å². The minimum Gasteiger partial charge on any atom is -0.373 e. The number of halogens is 1. The molecule has 0 aliphatic heterocycles. The van der Waals surface area contributed by atoms with Crippen molar-refractivity contribution in [2.45, 2.75) is 32.7 Å². The predicted octanol–water partition coefficient (Wildman–Crippen LogP) is 3.15. The molecular weight excluding hydrogens is 280 g/mol. The van der Waals surface area contributed by atoms with Crippen LogP contribution >= 0.6 is 15.9 Å². The molecule has 0 fully saturated rings. The van der Waals surface area contributed by atoms with Gasteiger partial charge in [-0.25, -0.2) is 0 Å². The number of para-hydroxylation sites is 1. The Balaban J connectivity index is 2.87. The summed E-state index contributed by atoms with van der Waals surface area (Å²) in [5, 5.41) is 3.23. The normalized spacial score (nSPS) is 12.5. The van der Waals surface area contributed by atoms with Crippen molar-refractivity contribution in [2.24, 2.45) is 11.7 Å². The molecule has 3 nitrogen and oxygen atoms in total. The summed E-state index contributed by atoms with van der Waals surface area (Å²) in [4.78, 5) is 11.5. The molecule has 1 aromatic rings. The molecule has 0 saturated heterocycles. The van der Waals surface area contributed by atoms with E-state index in [0.717, 1.165) is 23.0 Å². The van der Waals surface area contributed by atoms with Crippen LogP contribution in [0.4, 0.5) is 5.69 Å². The topological polar surface area (TPSA) is 55.1 Å². The first-order valence-corrected chi connectivity index (χ1v) is 6.69. The first-order chi connectivity index (χ1) is 8.10. The van der Waals surface area contributed by atoms with E-state index in [1.807, 2.05) is 24.3 Å². The lowest BCUT2D eigenvalue weighted by molar-refractivity contribution is -0.119. The molecule has 0 bridgehead atoms. The molecule has 17 heavy (non-hydrogen) atoms. The second kappa shape index (κ2) is 6.64. The van der Waals surface area contributed by atoms with Gasteiger partial charge in [0.1, 0.15) is 6.04 Å². The van der Waals surface area contributed by atoms with E-state index in [2.05, 4.69) is 35.1 Å². The highest BCUT2D eigenvalue weighted by Crippen LogP contribution is 2.25. The van der Waals surface area contributed by atoms with Gasteiger partial charge >= 0.3 is 0 Å². The quantitative estimate of drug-likeness (QED) is 0.848. The van der Waals surface area contributed by atoms with Gasteiger partial charge < -0.3 is 11.1 Å². The number of primary amides is 1. The molecule has 1 aromatic carbocycles. The maximum atomic E-state index is 11.5. The molecule has 1 amide bonds. The van der Waals surface area contributed by atoms with Crippen molar-refractivity contribution in [3.05, 3.63) is 28.7 Å². The Kier molecular flexibility index (Phi) is 5.48. The van der Waals surface area contributed by atoms with Crippen LogP contribution in [0.25, 0.3) is 0 Å². The number of hydrogen-bond donors (Lipinski definition) is 2. The summed E-state index contributed by atoms with van der Waals surface area (Å²) in [5.41, 5.74) is 6.38. The predicted molar refractivity (Wildman–Crippen MR) is 74.8 cm³/mol. The third-order valence-corrected chi connectivity index (χ3v) is 3.70. The zero-order chi connectivity index (χ0) is 12.8. The SMILES string of the molecule is CCC(CC)C(Nc1ccccc1Br)C(N)=O. The Labute approximate surface area is 111 Å². The average Bonchev–Trinajstić information content (AvgIpc) is 2.31. The molecule has 0 saturated carbocycles. The van der Waals surface area contributed by atoms with Gasteiger partial charge in [-0.3, -0.25) is 4.79 Å². The van der Waals surface area contributed by atoms with Crippen LogP contribution in [-0.4, -0.2) is 11.9 Å². The van der Waals surface area contributed by atoms with Gasteiger partial charge in [0.15, 0.2) is 0 Å². The van der Waals surface area contributed by atoms with Crippen LogP contribution in [0.5, 0.6) is 0 Å². The van der Waals surface area contributed by atoms with Crippen molar-refractivity contribution in [1.82, 2.24) is 0 Å². The molecule has 3 N–H and O–H groups in total. The number of hydrogen-bond acceptors (Lipinski definition) is 2. The highest BCUT2D eigenvalue weighted by Gasteiger charge is 2.24. The molecule has 0 aliphatic rings. The van der Waals surface area contributed by atoms with Gasteiger partial charge in [-0.1, -0.05) is 38.8 Å². The number of rotatable bonds is 6. The molecule has 0 aromatic heterocycles. The molecule has 0 spiro atoms. The minimum atomic E-state index is -0.316. The van der Waals surface area contributed by atoms with E-state index in [0.29, 0.717) is 0 Å². The largest absolute Gasteiger partial charge is 0.373 e. The smallest absolute Gasteiger partial charge is 0.240 e. The molecule has 1 unspecified atom stereocenters. The first-order valence-electron chi connectivity index (χ1n) is 5.90. The van der Waals surface area contributed by atoms with Crippen molar-refractivity contribution in [1.29, 1.82) is 0 Å². The maximum absolute atomic E-state index is 11.5. The van der Waals surface area contributed by atoms with Gasteiger partial charge in [0.25, 0.3) is 0 Å². The highest BCUT2D eigenvalue weighted by atomic mass is 79.9. The molecule has 0 radical (unpaired) electrons. The molecule has 0 heterocycles. The standard InChI is InChI=1S/C13H19BrN2O/c1-3-9(4-2)12(13(15)17)16-11-8-6-5-7-10(11)14/h5-9,12,16H,3-4H2,1-2H3,(H2,15,17). The fourth-order valence-corrected chi connectivity index (χ4v) is 2.33. The summed E-state index contributed by atoms with van der Waals surface area (Å²) < 4.78 is 0.942. The number of nitrogens with two attached hydrogens (primary N) is 1. The van der Waals surface area contributed by atoms with E-state index in [4.69, 9.17) is 5.73 Å². The zero-order valence-electron chi connectivity index (χ0n) is 10.2. The summed E-state index contributed by atoms with van der Waals surface area (Å²) in [6, 6.07) is 7.42. The van der Waals surface area contributed by atoms with Crippen LogP contribution in [0, 0.1) is 5.92 Å². The van der Waals surface area contributed by atoms with Crippen molar-refractivity contribution in [3.8, 4) is 0 Å². The fourth-order valence-electron chi connectivity index (χ4n) is 1.93. The van der Waals surface area contributed by atoms with Crippen LogP contribution < -0.4 is 11.1 Å². The van der Waals surface area contributed by atoms with E-state index in [-0.39, 0.29) is 17.9 Å². The Morgan fingerprint density at radius 1 is 1.35 bits per heavy atom. The molecule has 1 atom stereocenters. The van der Waals surface area contributed by atoms with Gasteiger partial charge in [-0.2, -0.15) is 0 Å². The third kappa shape index (κ3) is 3.73. The van der Waals surface area contributed by atoms with E-state index >= 15 is 0 Å². The minimum absolute atomic E-state index is 0.264. The molecule has 0 aliphatic carbocycles. The Morgan fingerprint density at radius 2 is 1.94 bits per heavy atom. The maximum Gasteiger partial charge on any atom is 0.240 e. The van der Waals surface area contributed by atoms with Crippen LogP contribution in [0.2, 0.25) is 0 Å². The summed E-state index contributed by atoms with van der Waals surface area (Å²) >= 11 is 3.45. The number of carbonyl (C=O) groups is 1. The highest BCUT2D eigenvalue weighted by molar-refractivity contribution is 9.10. The lowest BCUT2D eigenvalue weighted by atomic mass is 9.93.